The lowest BCUT2D eigenvalue weighted by molar-refractivity contribution is -0.129. The largest absolute Gasteiger partial charge is 0.368 e. The molecule has 1 fully saturated rings. The van der Waals surface area contributed by atoms with Crippen molar-refractivity contribution in [2.45, 2.75) is 33.1 Å². The molecule has 1 heterocycles. The van der Waals surface area contributed by atoms with E-state index in [4.69, 9.17) is 0 Å². The quantitative estimate of drug-likeness (QED) is 0.834. The van der Waals surface area contributed by atoms with Crippen molar-refractivity contribution in [1.29, 1.82) is 0 Å². The number of nitrogens with zero attached hydrogens (tertiary/aromatic N) is 2. The van der Waals surface area contributed by atoms with Gasteiger partial charge in [0.25, 0.3) is 0 Å². The first-order valence-corrected chi connectivity index (χ1v) is 7.22. The highest BCUT2D eigenvalue weighted by Gasteiger charge is 2.18. The summed E-state index contributed by atoms with van der Waals surface area (Å²) in [6, 6.07) is 8.90. The SMILES string of the molecule is CCC(C)c1ccc(N2CCN(C(C)=O)CC2)cc1. The lowest BCUT2D eigenvalue weighted by atomic mass is 9.98. The molecule has 1 unspecified atom stereocenters. The second kappa shape index (κ2) is 6.09. The Morgan fingerprint density at radius 2 is 1.74 bits per heavy atom. The summed E-state index contributed by atoms with van der Waals surface area (Å²) in [4.78, 5) is 15.6. The first-order valence-electron chi connectivity index (χ1n) is 7.22. The molecular weight excluding hydrogens is 236 g/mol. The Bertz CT molecular complexity index is 419. The van der Waals surface area contributed by atoms with Crippen LogP contribution in [0.1, 0.15) is 38.7 Å². The number of rotatable bonds is 3. The van der Waals surface area contributed by atoms with Crippen LogP contribution in [0.3, 0.4) is 0 Å². The third kappa shape index (κ3) is 3.28. The van der Waals surface area contributed by atoms with Crippen molar-refractivity contribution in [1.82, 2.24) is 4.90 Å². The first kappa shape index (κ1) is 13.9. The standard InChI is InChI=1S/C16H24N2O/c1-4-13(2)15-5-7-16(8-6-15)18-11-9-17(10-12-18)14(3)19/h5-8,13H,4,9-12H2,1-3H3. The zero-order valence-electron chi connectivity index (χ0n) is 12.2. The van der Waals surface area contributed by atoms with Crippen LogP contribution in [0, 0.1) is 0 Å². The molecule has 3 heteroatoms. The van der Waals surface area contributed by atoms with E-state index in [1.54, 1.807) is 6.92 Å². The predicted octanol–water partition coefficient (Wildman–Crippen LogP) is 2.87. The van der Waals surface area contributed by atoms with Gasteiger partial charge in [-0.25, -0.2) is 0 Å². The van der Waals surface area contributed by atoms with Crippen molar-refractivity contribution in [3.8, 4) is 0 Å². The maximum atomic E-state index is 11.3. The van der Waals surface area contributed by atoms with Gasteiger partial charge in [-0.1, -0.05) is 26.0 Å². The van der Waals surface area contributed by atoms with Crippen molar-refractivity contribution >= 4 is 11.6 Å². The fourth-order valence-corrected chi connectivity index (χ4v) is 2.53. The third-order valence-corrected chi connectivity index (χ3v) is 4.16. The Balaban J connectivity index is 1.98. The van der Waals surface area contributed by atoms with Crippen LogP contribution in [0.25, 0.3) is 0 Å². The van der Waals surface area contributed by atoms with Crippen LogP contribution in [-0.2, 0) is 4.79 Å². The molecule has 0 N–H and O–H groups in total. The average molecular weight is 260 g/mol. The molecule has 2 rings (SSSR count). The van der Waals surface area contributed by atoms with Crippen LogP contribution >= 0.6 is 0 Å². The zero-order valence-corrected chi connectivity index (χ0v) is 12.2. The van der Waals surface area contributed by atoms with Crippen molar-refractivity contribution in [3.05, 3.63) is 29.8 Å². The highest BCUT2D eigenvalue weighted by Crippen LogP contribution is 2.23. The molecule has 1 saturated heterocycles. The number of carbonyl (C=O) groups is 1. The number of anilines is 1. The summed E-state index contributed by atoms with van der Waals surface area (Å²) in [5.41, 5.74) is 2.68. The number of benzene rings is 1. The molecule has 1 aromatic rings. The molecule has 0 radical (unpaired) electrons. The molecule has 1 amide bonds. The molecule has 3 nitrogen and oxygen atoms in total. The molecule has 0 aromatic heterocycles. The summed E-state index contributed by atoms with van der Waals surface area (Å²) in [6.07, 6.45) is 1.18. The van der Waals surface area contributed by atoms with E-state index in [0.717, 1.165) is 26.2 Å². The van der Waals surface area contributed by atoms with Gasteiger partial charge in [0.2, 0.25) is 5.91 Å². The van der Waals surface area contributed by atoms with E-state index in [9.17, 15) is 4.79 Å². The lowest BCUT2D eigenvalue weighted by Crippen LogP contribution is -2.48. The van der Waals surface area contributed by atoms with Crippen LogP contribution in [0.15, 0.2) is 24.3 Å². The van der Waals surface area contributed by atoms with Crippen molar-refractivity contribution < 1.29 is 4.79 Å². The van der Waals surface area contributed by atoms with Gasteiger partial charge in [-0.2, -0.15) is 0 Å². The monoisotopic (exact) mass is 260 g/mol. The molecule has 1 aliphatic rings. The van der Waals surface area contributed by atoms with Crippen LogP contribution in [0.2, 0.25) is 0 Å². The molecule has 1 aromatic carbocycles. The second-order valence-corrected chi connectivity index (χ2v) is 5.39. The molecule has 0 bridgehead atoms. The van der Waals surface area contributed by atoms with Crippen LogP contribution in [0.4, 0.5) is 5.69 Å². The number of hydrogen-bond donors (Lipinski definition) is 0. The average Bonchev–Trinajstić information content (AvgIpc) is 2.46. The maximum Gasteiger partial charge on any atom is 0.219 e. The van der Waals surface area contributed by atoms with Gasteiger partial charge < -0.3 is 9.80 Å². The summed E-state index contributed by atoms with van der Waals surface area (Å²) >= 11 is 0. The topological polar surface area (TPSA) is 23.6 Å². The molecule has 0 spiro atoms. The van der Waals surface area contributed by atoms with Gasteiger partial charge in [0.15, 0.2) is 0 Å². The van der Waals surface area contributed by atoms with E-state index in [1.807, 2.05) is 4.90 Å². The summed E-state index contributed by atoms with van der Waals surface area (Å²) in [7, 11) is 0. The summed E-state index contributed by atoms with van der Waals surface area (Å²) in [6.45, 7) is 9.67. The van der Waals surface area contributed by atoms with Gasteiger partial charge in [0.1, 0.15) is 0 Å². The highest BCUT2D eigenvalue weighted by molar-refractivity contribution is 5.73. The molecular formula is C16H24N2O. The first-order chi connectivity index (χ1) is 9.11. The molecule has 1 atom stereocenters. The van der Waals surface area contributed by atoms with E-state index in [2.05, 4.69) is 43.0 Å². The third-order valence-electron chi connectivity index (χ3n) is 4.16. The zero-order chi connectivity index (χ0) is 13.8. The Morgan fingerprint density at radius 3 is 2.21 bits per heavy atom. The van der Waals surface area contributed by atoms with E-state index >= 15 is 0 Å². The van der Waals surface area contributed by atoms with Crippen molar-refractivity contribution in [2.24, 2.45) is 0 Å². The molecule has 19 heavy (non-hydrogen) atoms. The van der Waals surface area contributed by atoms with Gasteiger partial charge in [-0.05, 0) is 30.0 Å². The summed E-state index contributed by atoms with van der Waals surface area (Å²) in [5, 5.41) is 0. The van der Waals surface area contributed by atoms with Gasteiger partial charge >= 0.3 is 0 Å². The van der Waals surface area contributed by atoms with Crippen LogP contribution in [-0.4, -0.2) is 37.0 Å². The van der Waals surface area contributed by atoms with E-state index < -0.39 is 0 Å². The van der Waals surface area contributed by atoms with E-state index in [0.29, 0.717) is 5.92 Å². The summed E-state index contributed by atoms with van der Waals surface area (Å²) in [5.74, 6) is 0.815. The fraction of sp³-hybridized carbons (Fsp3) is 0.562. The highest BCUT2D eigenvalue weighted by atomic mass is 16.2. The van der Waals surface area contributed by atoms with Crippen molar-refractivity contribution in [2.75, 3.05) is 31.1 Å². The minimum absolute atomic E-state index is 0.187. The molecule has 0 saturated carbocycles. The number of hydrogen-bond acceptors (Lipinski definition) is 2. The maximum absolute atomic E-state index is 11.3. The lowest BCUT2D eigenvalue weighted by Gasteiger charge is -2.35. The number of carbonyl (C=O) groups excluding carboxylic acids is 1. The Labute approximate surface area is 116 Å². The smallest absolute Gasteiger partial charge is 0.219 e. The molecule has 0 aliphatic carbocycles. The van der Waals surface area contributed by atoms with Gasteiger partial charge in [0, 0.05) is 38.8 Å². The minimum Gasteiger partial charge on any atom is -0.368 e. The Hall–Kier alpha value is -1.51. The van der Waals surface area contributed by atoms with Gasteiger partial charge in [-0.3, -0.25) is 4.79 Å². The fourth-order valence-electron chi connectivity index (χ4n) is 2.53. The van der Waals surface area contributed by atoms with Gasteiger partial charge in [-0.15, -0.1) is 0 Å². The van der Waals surface area contributed by atoms with E-state index in [-0.39, 0.29) is 5.91 Å². The Morgan fingerprint density at radius 1 is 1.16 bits per heavy atom. The predicted molar refractivity (Wildman–Crippen MR) is 79.6 cm³/mol. The normalized spacial score (nSPS) is 17.4. The number of piperazine rings is 1. The van der Waals surface area contributed by atoms with E-state index in [1.165, 1.54) is 17.7 Å². The van der Waals surface area contributed by atoms with Crippen LogP contribution in [0.5, 0.6) is 0 Å². The van der Waals surface area contributed by atoms with Gasteiger partial charge in [0.05, 0.1) is 0 Å². The summed E-state index contributed by atoms with van der Waals surface area (Å²) < 4.78 is 0. The minimum atomic E-state index is 0.187. The number of amides is 1. The van der Waals surface area contributed by atoms with Crippen LogP contribution < -0.4 is 4.90 Å². The molecule has 1 aliphatic heterocycles. The molecule has 104 valence electrons. The second-order valence-electron chi connectivity index (χ2n) is 5.39. The Kier molecular flexibility index (Phi) is 4.46. The van der Waals surface area contributed by atoms with Crippen molar-refractivity contribution in [3.63, 3.8) is 0 Å².